The molecular formula is C25H24N2O4. The lowest BCUT2D eigenvalue weighted by atomic mass is 10.0. The number of hydrogen-bond acceptors (Lipinski definition) is 5. The Kier molecular flexibility index (Phi) is 5.46. The molecular weight excluding hydrogens is 392 g/mol. The van der Waals surface area contributed by atoms with E-state index in [1.807, 2.05) is 74.8 Å². The molecule has 0 N–H and O–H groups in total. The number of ether oxygens (including phenoxy) is 1. The van der Waals surface area contributed by atoms with Crippen molar-refractivity contribution in [3.05, 3.63) is 92.6 Å². The average Bonchev–Trinajstić information content (AvgIpc) is 3.04. The van der Waals surface area contributed by atoms with Crippen LogP contribution in [0.2, 0.25) is 0 Å². The average molecular weight is 416 g/mol. The molecule has 31 heavy (non-hydrogen) atoms. The molecule has 0 saturated heterocycles. The molecule has 0 aliphatic heterocycles. The molecule has 0 bridgehead atoms. The minimum Gasteiger partial charge on any atom is -0.461 e. The maximum Gasteiger partial charge on any atom is 0.336 e. The van der Waals surface area contributed by atoms with Gasteiger partial charge >= 0.3 is 11.6 Å². The minimum atomic E-state index is -0.455. The van der Waals surface area contributed by atoms with Gasteiger partial charge in [0.2, 0.25) is 0 Å². The van der Waals surface area contributed by atoms with Gasteiger partial charge in [-0.3, -0.25) is 4.79 Å². The molecule has 4 rings (SSSR count). The van der Waals surface area contributed by atoms with Crippen molar-refractivity contribution in [3.8, 4) is 5.69 Å². The molecule has 0 radical (unpaired) electrons. The number of aryl methyl sites for hydroxylation is 3. The highest BCUT2D eigenvalue weighted by Crippen LogP contribution is 2.24. The van der Waals surface area contributed by atoms with Gasteiger partial charge in [-0.05, 0) is 51.0 Å². The van der Waals surface area contributed by atoms with Crippen molar-refractivity contribution in [1.29, 1.82) is 0 Å². The third kappa shape index (κ3) is 4.01. The zero-order chi connectivity index (χ0) is 22.1. The first kappa shape index (κ1) is 20.6. The number of carbonyl (C=O) groups excluding carboxylic acids is 1. The number of nitrogens with zero attached hydrogens (tertiary/aromatic N) is 2. The predicted molar refractivity (Wildman–Crippen MR) is 118 cm³/mol. The van der Waals surface area contributed by atoms with E-state index in [2.05, 4.69) is 5.10 Å². The number of carbonyl (C=O) groups is 1. The van der Waals surface area contributed by atoms with Gasteiger partial charge in [0, 0.05) is 28.3 Å². The molecule has 0 unspecified atom stereocenters. The second-order valence-corrected chi connectivity index (χ2v) is 7.71. The molecule has 0 spiro atoms. The van der Waals surface area contributed by atoms with E-state index in [0.29, 0.717) is 11.1 Å². The number of para-hydroxylation sites is 1. The van der Waals surface area contributed by atoms with Gasteiger partial charge in [-0.15, -0.1) is 0 Å². The second kappa shape index (κ2) is 8.22. The highest BCUT2D eigenvalue weighted by Gasteiger charge is 2.18. The van der Waals surface area contributed by atoms with Crippen molar-refractivity contribution in [2.24, 2.45) is 0 Å². The Morgan fingerprint density at radius 2 is 1.81 bits per heavy atom. The van der Waals surface area contributed by atoms with Crippen LogP contribution in [0.4, 0.5) is 0 Å². The van der Waals surface area contributed by atoms with Crippen LogP contribution in [-0.4, -0.2) is 15.7 Å². The van der Waals surface area contributed by atoms with Crippen LogP contribution in [0, 0.1) is 27.7 Å². The van der Waals surface area contributed by atoms with E-state index in [-0.39, 0.29) is 19.0 Å². The fourth-order valence-corrected chi connectivity index (χ4v) is 3.75. The summed E-state index contributed by atoms with van der Waals surface area (Å²) in [5.41, 5.74) is 6.13. The number of hydrogen-bond donors (Lipinski definition) is 0. The molecule has 2 aromatic carbocycles. The summed E-state index contributed by atoms with van der Waals surface area (Å²) in [6.45, 7) is 7.70. The van der Waals surface area contributed by atoms with Crippen LogP contribution in [0.5, 0.6) is 0 Å². The van der Waals surface area contributed by atoms with Crippen molar-refractivity contribution in [2.45, 2.75) is 40.7 Å². The Balaban J connectivity index is 1.54. The van der Waals surface area contributed by atoms with Gasteiger partial charge in [-0.25, -0.2) is 9.48 Å². The third-order valence-electron chi connectivity index (χ3n) is 5.67. The lowest BCUT2D eigenvalue weighted by Crippen LogP contribution is -2.11. The predicted octanol–water partition coefficient (Wildman–Crippen LogP) is 4.50. The molecule has 0 saturated carbocycles. The van der Waals surface area contributed by atoms with Crippen molar-refractivity contribution in [3.63, 3.8) is 0 Å². The third-order valence-corrected chi connectivity index (χ3v) is 5.67. The summed E-state index contributed by atoms with van der Waals surface area (Å²) in [5, 5.41) is 5.35. The summed E-state index contributed by atoms with van der Waals surface area (Å²) in [6.07, 6.45) is 0.113. The standard InChI is InChI=1S/C25H24N2O4/c1-15-10-11-21-19(12-24(29)31-25(21)16(15)2)14-30-23(28)13-22-17(3)26-27(18(22)4)20-8-6-5-7-9-20/h5-12H,13-14H2,1-4H3. The first-order valence-corrected chi connectivity index (χ1v) is 10.1. The maximum absolute atomic E-state index is 12.6. The summed E-state index contributed by atoms with van der Waals surface area (Å²) in [7, 11) is 0. The molecule has 0 amide bonds. The van der Waals surface area contributed by atoms with Crippen LogP contribution >= 0.6 is 0 Å². The monoisotopic (exact) mass is 416 g/mol. The fourth-order valence-electron chi connectivity index (χ4n) is 3.75. The van der Waals surface area contributed by atoms with Crippen LogP contribution in [-0.2, 0) is 22.6 Å². The van der Waals surface area contributed by atoms with E-state index in [1.54, 1.807) is 0 Å². The number of rotatable bonds is 5. The van der Waals surface area contributed by atoms with Gasteiger partial charge in [-0.2, -0.15) is 5.10 Å². The van der Waals surface area contributed by atoms with E-state index >= 15 is 0 Å². The lowest BCUT2D eigenvalue weighted by Gasteiger charge is -2.10. The summed E-state index contributed by atoms with van der Waals surface area (Å²) in [6, 6.07) is 15.0. The molecule has 0 aliphatic rings. The second-order valence-electron chi connectivity index (χ2n) is 7.71. The Morgan fingerprint density at radius 1 is 1.06 bits per heavy atom. The summed E-state index contributed by atoms with van der Waals surface area (Å²) >= 11 is 0. The molecule has 158 valence electrons. The molecule has 4 aromatic rings. The van der Waals surface area contributed by atoms with E-state index in [4.69, 9.17) is 9.15 Å². The van der Waals surface area contributed by atoms with Gasteiger partial charge in [0.1, 0.15) is 12.2 Å². The zero-order valence-corrected chi connectivity index (χ0v) is 18.1. The van der Waals surface area contributed by atoms with Crippen molar-refractivity contribution >= 4 is 16.9 Å². The van der Waals surface area contributed by atoms with Crippen molar-refractivity contribution in [2.75, 3.05) is 0 Å². The number of aromatic nitrogens is 2. The van der Waals surface area contributed by atoms with Gasteiger partial charge in [0.15, 0.2) is 0 Å². The molecule has 2 heterocycles. The molecule has 0 aliphatic carbocycles. The molecule has 6 nitrogen and oxygen atoms in total. The molecule has 6 heteroatoms. The number of benzene rings is 2. The Hall–Kier alpha value is -3.67. The largest absolute Gasteiger partial charge is 0.461 e. The highest BCUT2D eigenvalue weighted by atomic mass is 16.5. The summed E-state index contributed by atoms with van der Waals surface area (Å²) in [4.78, 5) is 24.6. The Labute approximate surface area is 180 Å². The van der Waals surface area contributed by atoms with Crippen LogP contribution in [0.15, 0.2) is 57.7 Å². The smallest absolute Gasteiger partial charge is 0.336 e. The summed E-state index contributed by atoms with van der Waals surface area (Å²) in [5.74, 6) is -0.371. The first-order valence-electron chi connectivity index (χ1n) is 10.1. The van der Waals surface area contributed by atoms with Gasteiger partial charge in [-0.1, -0.05) is 30.3 Å². The van der Waals surface area contributed by atoms with Gasteiger partial charge in [0.25, 0.3) is 0 Å². The number of fused-ring (bicyclic) bond motifs is 1. The minimum absolute atomic E-state index is 0.00829. The lowest BCUT2D eigenvalue weighted by molar-refractivity contribution is -0.144. The van der Waals surface area contributed by atoms with Gasteiger partial charge < -0.3 is 9.15 Å². The van der Waals surface area contributed by atoms with Gasteiger partial charge in [0.05, 0.1) is 17.8 Å². The zero-order valence-electron chi connectivity index (χ0n) is 18.1. The number of esters is 1. The van der Waals surface area contributed by atoms with Crippen LogP contribution in [0.3, 0.4) is 0 Å². The van der Waals surface area contributed by atoms with Crippen LogP contribution < -0.4 is 5.63 Å². The van der Waals surface area contributed by atoms with Crippen molar-refractivity contribution < 1.29 is 13.9 Å². The normalized spacial score (nSPS) is 11.1. The fraction of sp³-hybridized carbons (Fsp3) is 0.240. The maximum atomic E-state index is 12.6. The van der Waals surface area contributed by atoms with E-state index in [0.717, 1.165) is 39.2 Å². The van der Waals surface area contributed by atoms with E-state index in [1.165, 1.54) is 6.07 Å². The van der Waals surface area contributed by atoms with Crippen LogP contribution in [0.1, 0.15) is 33.6 Å². The first-order chi connectivity index (χ1) is 14.8. The molecule has 2 aromatic heterocycles. The topological polar surface area (TPSA) is 74.3 Å². The Morgan fingerprint density at radius 3 is 2.55 bits per heavy atom. The summed E-state index contributed by atoms with van der Waals surface area (Å²) < 4.78 is 12.8. The quantitative estimate of drug-likeness (QED) is 0.354. The molecule has 0 atom stereocenters. The van der Waals surface area contributed by atoms with E-state index < -0.39 is 5.63 Å². The SMILES string of the molecule is Cc1ccc2c(COC(=O)Cc3c(C)nn(-c4ccccc4)c3C)cc(=O)oc2c1C. The van der Waals surface area contributed by atoms with Crippen molar-refractivity contribution in [1.82, 2.24) is 9.78 Å². The highest BCUT2D eigenvalue weighted by molar-refractivity contribution is 5.84. The van der Waals surface area contributed by atoms with Crippen LogP contribution in [0.25, 0.3) is 16.7 Å². The molecule has 0 fully saturated rings. The van der Waals surface area contributed by atoms with E-state index in [9.17, 15) is 9.59 Å². The Bertz CT molecular complexity index is 1330.